The fraction of sp³-hybridized carbons (Fsp3) is 0.684. The van der Waals surface area contributed by atoms with Gasteiger partial charge in [0.25, 0.3) is 0 Å². The number of aliphatic hydroxyl groups excluding tert-OH is 1. The van der Waals surface area contributed by atoms with Crippen molar-refractivity contribution in [3.63, 3.8) is 0 Å². The van der Waals surface area contributed by atoms with Gasteiger partial charge in [-0.1, -0.05) is 0 Å². The van der Waals surface area contributed by atoms with Crippen molar-refractivity contribution in [2.75, 3.05) is 72.1 Å². The van der Waals surface area contributed by atoms with E-state index in [0.717, 1.165) is 38.7 Å². The van der Waals surface area contributed by atoms with Gasteiger partial charge in [0.1, 0.15) is 11.9 Å². The van der Waals surface area contributed by atoms with E-state index in [1.807, 2.05) is 11.8 Å². The van der Waals surface area contributed by atoms with E-state index in [0.29, 0.717) is 38.6 Å². The molecule has 2 saturated heterocycles. The second-order valence-corrected chi connectivity index (χ2v) is 6.98. The van der Waals surface area contributed by atoms with E-state index < -0.39 is 6.10 Å². The van der Waals surface area contributed by atoms with Crippen molar-refractivity contribution in [1.82, 2.24) is 20.0 Å². The smallest absolute Gasteiger partial charge is 0.236 e. The molecule has 2 N–H and O–H groups in total. The molecule has 1 aromatic rings. The molecule has 0 aromatic carbocycles. The number of rotatable bonds is 6. The second kappa shape index (κ2) is 10.4. The van der Waals surface area contributed by atoms with E-state index in [2.05, 4.69) is 20.1 Å². The maximum absolute atomic E-state index is 12.4. The van der Waals surface area contributed by atoms with Crippen LogP contribution in [0.4, 0.5) is 0 Å². The van der Waals surface area contributed by atoms with Crippen LogP contribution in [0, 0.1) is 0 Å². The highest BCUT2D eigenvalue weighted by Crippen LogP contribution is 2.13. The summed E-state index contributed by atoms with van der Waals surface area (Å²) in [5.41, 5.74) is 0. The Morgan fingerprint density at radius 3 is 2.61 bits per heavy atom. The molecular weight excluding hydrogens is 362 g/mol. The Labute approximate surface area is 165 Å². The lowest BCUT2D eigenvalue weighted by Gasteiger charge is -2.37. The maximum atomic E-state index is 12.4. The molecule has 2 aliphatic heterocycles. The number of nitrogens with one attached hydrogen (secondary N) is 1. The molecule has 9 nitrogen and oxygen atoms in total. The van der Waals surface area contributed by atoms with Crippen LogP contribution in [0.25, 0.3) is 0 Å². The van der Waals surface area contributed by atoms with Gasteiger partial charge in [0.15, 0.2) is 5.96 Å². The minimum Gasteiger partial charge on any atom is -0.467 e. The highest BCUT2D eigenvalue weighted by Gasteiger charge is 2.24. The van der Waals surface area contributed by atoms with Gasteiger partial charge in [0.2, 0.25) is 5.91 Å². The van der Waals surface area contributed by atoms with Crippen molar-refractivity contribution in [2.24, 2.45) is 4.99 Å². The zero-order valence-corrected chi connectivity index (χ0v) is 16.5. The third-order valence-electron chi connectivity index (χ3n) is 5.01. The lowest BCUT2D eigenvalue weighted by atomic mass is 10.3. The summed E-state index contributed by atoms with van der Waals surface area (Å²) in [7, 11) is 0. The number of nitrogens with zero attached hydrogens (tertiary/aromatic N) is 4. The van der Waals surface area contributed by atoms with Crippen LogP contribution in [-0.4, -0.2) is 104 Å². The largest absolute Gasteiger partial charge is 0.467 e. The number of carbonyl (C=O) groups excluding carboxylic acids is 1. The molecule has 28 heavy (non-hydrogen) atoms. The van der Waals surface area contributed by atoms with Crippen LogP contribution in [0.5, 0.6) is 0 Å². The summed E-state index contributed by atoms with van der Waals surface area (Å²) >= 11 is 0. The number of hydrogen-bond donors (Lipinski definition) is 2. The summed E-state index contributed by atoms with van der Waals surface area (Å²) in [6.07, 6.45) is 0.793. The number of guanidine groups is 1. The molecule has 3 rings (SSSR count). The molecule has 3 heterocycles. The Balaban J connectivity index is 1.48. The van der Waals surface area contributed by atoms with Gasteiger partial charge in [0.05, 0.1) is 32.6 Å². The SMILES string of the molecule is CCNC(=NCC(O)c1ccco1)N1CCN(CC(=O)N2CCOCC2)CC1. The Morgan fingerprint density at radius 2 is 1.96 bits per heavy atom. The van der Waals surface area contributed by atoms with Crippen LogP contribution in [-0.2, 0) is 9.53 Å². The molecule has 0 spiro atoms. The number of furan rings is 1. The molecule has 1 amide bonds. The molecule has 156 valence electrons. The predicted molar refractivity (Wildman–Crippen MR) is 105 cm³/mol. The average Bonchev–Trinajstić information content (AvgIpc) is 3.27. The molecule has 1 aromatic heterocycles. The first-order chi connectivity index (χ1) is 13.7. The van der Waals surface area contributed by atoms with Gasteiger partial charge < -0.3 is 29.4 Å². The molecule has 2 fully saturated rings. The third kappa shape index (κ3) is 5.70. The molecule has 0 aliphatic carbocycles. The maximum Gasteiger partial charge on any atom is 0.236 e. The Hall–Kier alpha value is -2.10. The molecule has 1 unspecified atom stereocenters. The quantitative estimate of drug-likeness (QED) is 0.509. The van der Waals surface area contributed by atoms with Crippen LogP contribution in [0.15, 0.2) is 27.8 Å². The number of piperazine rings is 1. The number of amides is 1. The summed E-state index contributed by atoms with van der Waals surface area (Å²) in [5, 5.41) is 13.5. The van der Waals surface area contributed by atoms with Crippen molar-refractivity contribution in [2.45, 2.75) is 13.0 Å². The monoisotopic (exact) mass is 393 g/mol. The first-order valence-electron chi connectivity index (χ1n) is 10.00. The number of hydrogen-bond acceptors (Lipinski definition) is 6. The molecule has 9 heteroatoms. The molecule has 2 aliphatic rings. The van der Waals surface area contributed by atoms with E-state index >= 15 is 0 Å². The fourth-order valence-electron chi connectivity index (χ4n) is 3.39. The van der Waals surface area contributed by atoms with Gasteiger partial charge in [-0.15, -0.1) is 0 Å². The standard InChI is InChI=1S/C19H31N5O4/c1-2-20-19(21-14-16(25)17-4-3-11-28-17)24-7-5-22(6-8-24)15-18(26)23-9-12-27-13-10-23/h3-4,11,16,25H,2,5-10,12-15H2,1H3,(H,20,21). The number of carbonyl (C=O) groups is 1. The van der Waals surface area contributed by atoms with Crippen LogP contribution >= 0.6 is 0 Å². The highest BCUT2D eigenvalue weighted by molar-refractivity contribution is 5.80. The predicted octanol–water partition coefficient (Wildman–Crippen LogP) is -0.245. The van der Waals surface area contributed by atoms with Gasteiger partial charge >= 0.3 is 0 Å². The lowest BCUT2D eigenvalue weighted by Crippen LogP contribution is -2.55. The molecule has 0 saturated carbocycles. The van der Waals surface area contributed by atoms with Crippen molar-refractivity contribution in [1.29, 1.82) is 0 Å². The Kier molecular flexibility index (Phi) is 7.70. The van der Waals surface area contributed by atoms with E-state index in [9.17, 15) is 9.90 Å². The van der Waals surface area contributed by atoms with E-state index in [1.54, 1.807) is 18.4 Å². The summed E-state index contributed by atoms with van der Waals surface area (Å²) in [5.74, 6) is 1.48. The normalized spacial score (nSPS) is 20.3. The van der Waals surface area contributed by atoms with Gasteiger partial charge in [-0.3, -0.25) is 9.69 Å². The topological polar surface area (TPSA) is 93.8 Å². The molecule has 1 atom stereocenters. The van der Waals surface area contributed by atoms with Gasteiger partial charge in [-0.2, -0.15) is 0 Å². The Morgan fingerprint density at radius 1 is 1.21 bits per heavy atom. The van der Waals surface area contributed by atoms with Crippen LogP contribution < -0.4 is 5.32 Å². The summed E-state index contributed by atoms with van der Waals surface area (Å²) in [4.78, 5) is 23.2. The summed E-state index contributed by atoms with van der Waals surface area (Å²) in [6.45, 7) is 9.31. The van der Waals surface area contributed by atoms with Crippen molar-refractivity contribution >= 4 is 11.9 Å². The van der Waals surface area contributed by atoms with Gasteiger partial charge in [-0.25, -0.2) is 4.99 Å². The number of ether oxygens (including phenoxy) is 1. The lowest BCUT2D eigenvalue weighted by molar-refractivity contribution is -0.136. The van der Waals surface area contributed by atoms with E-state index in [4.69, 9.17) is 9.15 Å². The highest BCUT2D eigenvalue weighted by atomic mass is 16.5. The van der Waals surface area contributed by atoms with Crippen molar-refractivity contribution in [3.8, 4) is 0 Å². The van der Waals surface area contributed by atoms with E-state index in [-0.39, 0.29) is 12.5 Å². The van der Waals surface area contributed by atoms with Crippen molar-refractivity contribution < 1.29 is 19.1 Å². The minimum absolute atomic E-state index is 0.180. The number of aliphatic hydroxyl groups is 1. The minimum atomic E-state index is -0.754. The summed E-state index contributed by atoms with van der Waals surface area (Å²) < 4.78 is 10.5. The van der Waals surface area contributed by atoms with Crippen LogP contribution in [0.2, 0.25) is 0 Å². The first kappa shape index (κ1) is 20.6. The van der Waals surface area contributed by atoms with Crippen LogP contribution in [0.1, 0.15) is 18.8 Å². The third-order valence-corrected chi connectivity index (χ3v) is 5.01. The average molecular weight is 393 g/mol. The number of aliphatic imine (C=N–C) groups is 1. The van der Waals surface area contributed by atoms with Crippen molar-refractivity contribution in [3.05, 3.63) is 24.2 Å². The molecular formula is C19H31N5O4. The zero-order valence-electron chi connectivity index (χ0n) is 16.5. The van der Waals surface area contributed by atoms with Crippen LogP contribution in [0.3, 0.4) is 0 Å². The van der Waals surface area contributed by atoms with Gasteiger partial charge in [-0.05, 0) is 19.1 Å². The fourth-order valence-corrected chi connectivity index (χ4v) is 3.39. The van der Waals surface area contributed by atoms with E-state index in [1.165, 1.54) is 0 Å². The second-order valence-electron chi connectivity index (χ2n) is 6.98. The Bertz CT molecular complexity index is 622. The molecule has 0 bridgehead atoms. The molecule has 0 radical (unpaired) electrons. The van der Waals surface area contributed by atoms with Gasteiger partial charge in [0, 0.05) is 45.8 Å². The zero-order chi connectivity index (χ0) is 19.8. The summed E-state index contributed by atoms with van der Waals surface area (Å²) in [6, 6.07) is 3.50. The number of morpholine rings is 1. The first-order valence-corrected chi connectivity index (χ1v) is 10.00.